The smallest absolute Gasteiger partial charge is 0.220 e. The van der Waals surface area contributed by atoms with E-state index < -0.39 is 0 Å². The molecule has 0 heterocycles. The van der Waals surface area contributed by atoms with Gasteiger partial charge in [-0.05, 0) is 20.3 Å². The van der Waals surface area contributed by atoms with Gasteiger partial charge in [0.25, 0.3) is 0 Å². The van der Waals surface area contributed by atoms with Crippen LogP contribution in [0.2, 0.25) is 0 Å². The summed E-state index contributed by atoms with van der Waals surface area (Å²) in [6.07, 6.45) is 21.0. The summed E-state index contributed by atoms with van der Waals surface area (Å²) in [4.78, 5) is 11.7. The van der Waals surface area contributed by atoms with E-state index in [-0.39, 0.29) is 11.4 Å². The third-order valence-electron chi connectivity index (χ3n) is 4.75. The number of unbranched alkanes of at least 4 members (excludes halogenated alkanes) is 14. The summed E-state index contributed by atoms with van der Waals surface area (Å²) in [5, 5.41) is 2.91. The fraction of sp³-hybridized carbons (Fsp3) is 0.955. The van der Waals surface area contributed by atoms with Gasteiger partial charge in [-0.25, -0.2) is 0 Å². The van der Waals surface area contributed by atoms with Gasteiger partial charge in [0.1, 0.15) is 0 Å². The second kappa shape index (κ2) is 16.9. The van der Waals surface area contributed by atoms with Gasteiger partial charge < -0.3 is 11.1 Å². The van der Waals surface area contributed by atoms with E-state index in [1.165, 1.54) is 89.9 Å². The van der Waals surface area contributed by atoms with E-state index in [0.29, 0.717) is 13.0 Å². The molecule has 3 heteroatoms. The molecule has 0 aromatic heterocycles. The summed E-state index contributed by atoms with van der Waals surface area (Å²) < 4.78 is 0. The lowest BCUT2D eigenvalue weighted by molar-refractivity contribution is -0.121. The van der Waals surface area contributed by atoms with Crippen LogP contribution in [0, 0.1) is 0 Å². The number of hydrogen-bond acceptors (Lipinski definition) is 2. The van der Waals surface area contributed by atoms with Gasteiger partial charge >= 0.3 is 0 Å². The number of carbonyl (C=O) groups is 1. The Hall–Kier alpha value is -0.570. The molecule has 0 radical (unpaired) electrons. The Morgan fingerprint density at radius 3 is 1.44 bits per heavy atom. The molecule has 0 aromatic carbocycles. The van der Waals surface area contributed by atoms with Crippen molar-refractivity contribution in [2.75, 3.05) is 6.54 Å². The van der Waals surface area contributed by atoms with Crippen LogP contribution >= 0.6 is 0 Å². The molecule has 0 spiro atoms. The highest BCUT2D eigenvalue weighted by Crippen LogP contribution is 2.13. The van der Waals surface area contributed by atoms with E-state index in [1.807, 2.05) is 13.8 Å². The largest absolute Gasteiger partial charge is 0.354 e. The van der Waals surface area contributed by atoms with Crippen LogP contribution < -0.4 is 11.1 Å². The molecular weight excluding hydrogens is 308 g/mol. The Morgan fingerprint density at radius 1 is 0.720 bits per heavy atom. The number of rotatable bonds is 18. The summed E-state index contributed by atoms with van der Waals surface area (Å²) >= 11 is 0. The highest BCUT2D eigenvalue weighted by atomic mass is 16.1. The van der Waals surface area contributed by atoms with Crippen molar-refractivity contribution < 1.29 is 4.79 Å². The fourth-order valence-corrected chi connectivity index (χ4v) is 3.07. The van der Waals surface area contributed by atoms with Gasteiger partial charge in [-0.2, -0.15) is 0 Å². The minimum Gasteiger partial charge on any atom is -0.354 e. The van der Waals surface area contributed by atoms with E-state index in [9.17, 15) is 4.79 Å². The Morgan fingerprint density at radius 2 is 1.08 bits per heavy atom. The number of nitrogens with one attached hydrogen (secondary N) is 1. The van der Waals surface area contributed by atoms with Gasteiger partial charge in [-0.3, -0.25) is 4.79 Å². The van der Waals surface area contributed by atoms with Crippen LogP contribution in [-0.2, 0) is 4.79 Å². The Bertz CT molecular complexity index is 297. The Balaban J connectivity index is 3.15. The van der Waals surface area contributed by atoms with Crippen LogP contribution in [0.1, 0.15) is 124 Å². The SMILES string of the molecule is CCCCCCCCCCCCCCCCCC(=O)NCC(C)(C)N. The van der Waals surface area contributed by atoms with Gasteiger partial charge in [-0.15, -0.1) is 0 Å². The number of hydrogen-bond donors (Lipinski definition) is 2. The molecule has 0 aromatic rings. The maximum atomic E-state index is 11.7. The molecule has 0 atom stereocenters. The molecule has 0 rings (SSSR count). The predicted molar refractivity (Wildman–Crippen MR) is 111 cm³/mol. The number of carbonyl (C=O) groups excluding carboxylic acids is 1. The molecule has 0 fully saturated rings. The molecule has 3 nitrogen and oxygen atoms in total. The van der Waals surface area contributed by atoms with E-state index in [0.717, 1.165) is 6.42 Å². The molecule has 1 amide bonds. The molecule has 0 aliphatic rings. The van der Waals surface area contributed by atoms with Crippen LogP contribution in [0.15, 0.2) is 0 Å². The molecule has 0 unspecified atom stereocenters. The first-order valence-electron chi connectivity index (χ1n) is 11.0. The monoisotopic (exact) mass is 354 g/mol. The zero-order chi connectivity index (χ0) is 18.8. The van der Waals surface area contributed by atoms with Crippen molar-refractivity contribution in [3.8, 4) is 0 Å². The predicted octanol–water partition coefficient (Wildman–Crippen LogP) is 6.10. The average Bonchev–Trinajstić information content (AvgIpc) is 2.56. The van der Waals surface area contributed by atoms with E-state index in [2.05, 4.69) is 12.2 Å². The zero-order valence-corrected chi connectivity index (χ0v) is 17.5. The van der Waals surface area contributed by atoms with Crippen molar-refractivity contribution in [2.45, 2.75) is 129 Å². The van der Waals surface area contributed by atoms with Gasteiger partial charge in [0.2, 0.25) is 5.91 Å². The normalized spacial score (nSPS) is 11.7. The van der Waals surface area contributed by atoms with E-state index in [1.54, 1.807) is 0 Å². The summed E-state index contributed by atoms with van der Waals surface area (Å²) in [7, 11) is 0. The quantitative estimate of drug-likeness (QED) is 0.292. The Kier molecular flexibility index (Phi) is 16.5. The van der Waals surface area contributed by atoms with E-state index in [4.69, 9.17) is 5.73 Å². The molecule has 0 bridgehead atoms. The molecule has 0 saturated heterocycles. The minimum atomic E-state index is -0.315. The first kappa shape index (κ1) is 24.4. The van der Waals surface area contributed by atoms with E-state index >= 15 is 0 Å². The van der Waals surface area contributed by atoms with Crippen molar-refractivity contribution in [1.82, 2.24) is 5.32 Å². The van der Waals surface area contributed by atoms with Crippen molar-refractivity contribution in [3.63, 3.8) is 0 Å². The zero-order valence-electron chi connectivity index (χ0n) is 17.5. The van der Waals surface area contributed by atoms with Crippen LogP contribution in [0.25, 0.3) is 0 Å². The first-order valence-corrected chi connectivity index (χ1v) is 11.0. The van der Waals surface area contributed by atoms with Crippen LogP contribution in [-0.4, -0.2) is 18.0 Å². The molecule has 25 heavy (non-hydrogen) atoms. The summed E-state index contributed by atoms with van der Waals surface area (Å²) in [6, 6.07) is 0. The van der Waals surface area contributed by atoms with Crippen molar-refractivity contribution in [3.05, 3.63) is 0 Å². The van der Waals surface area contributed by atoms with Crippen molar-refractivity contribution in [2.24, 2.45) is 5.73 Å². The van der Waals surface area contributed by atoms with Crippen molar-refractivity contribution in [1.29, 1.82) is 0 Å². The third kappa shape index (κ3) is 21.4. The second-order valence-corrected chi connectivity index (χ2v) is 8.47. The third-order valence-corrected chi connectivity index (χ3v) is 4.75. The number of amides is 1. The van der Waals surface area contributed by atoms with Gasteiger partial charge in [0.05, 0.1) is 0 Å². The molecule has 150 valence electrons. The van der Waals surface area contributed by atoms with Crippen molar-refractivity contribution >= 4 is 5.91 Å². The molecule has 0 aliphatic heterocycles. The maximum Gasteiger partial charge on any atom is 0.220 e. The topological polar surface area (TPSA) is 55.1 Å². The molecule has 0 aliphatic carbocycles. The van der Waals surface area contributed by atoms with Crippen LogP contribution in [0.4, 0.5) is 0 Å². The standard InChI is InChI=1S/C22H46N2O/c1-4-5-6-7-8-9-10-11-12-13-14-15-16-17-18-19-21(25)24-20-22(2,3)23/h4-20,23H2,1-3H3,(H,24,25). The molecule has 0 saturated carbocycles. The summed E-state index contributed by atoms with van der Waals surface area (Å²) in [6.45, 7) is 6.70. The Labute approximate surface area is 157 Å². The molecule has 3 N–H and O–H groups in total. The fourth-order valence-electron chi connectivity index (χ4n) is 3.07. The lowest BCUT2D eigenvalue weighted by Gasteiger charge is -2.18. The summed E-state index contributed by atoms with van der Waals surface area (Å²) in [5.74, 6) is 0.146. The van der Waals surface area contributed by atoms with Crippen LogP contribution in [0.3, 0.4) is 0 Å². The average molecular weight is 355 g/mol. The first-order chi connectivity index (χ1) is 12.0. The van der Waals surface area contributed by atoms with Gasteiger partial charge in [0, 0.05) is 18.5 Å². The highest BCUT2D eigenvalue weighted by molar-refractivity contribution is 5.75. The maximum absolute atomic E-state index is 11.7. The highest BCUT2D eigenvalue weighted by Gasteiger charge is 2.11. The molecular formula is C22H46N2O. The minimum absolute atomic E-state index is 0.146. The van der Waals surface area contributed by atoms with Gasteiger partial charge in [-0.1, -0.05) is 96.8 Å². The lowest BCUT2D eigenvalue weighted by atomic mass is 10.0. The van der Waals surface area contributed by atoms with Crippen LogP contribution in [0.5, 0.6) is 0 Å². The number of nitrogens with two attached hydrogens (primary N) is 1. The summed E-state index contributed by atoms with van der Waals surface area (Å²) in [5.41, 5.74) is 5.54. The lowest BCUT2D eigenvalue weighted by Crippen LogP contribution is -2.45. The second-order valence-electron chi connectivity index (χ2n) is 8.47. The van der Waals surface area contributed by atoms with Gasteiger partial charge in [0.15, 0.2) is 0 Å².